The Morgan fingerprint density at radius 1 is 0.649 bits per heavy atom. The summed E-state index contributed by atoms with van der Waals surface area (Å²) in [6.07, 6.45) is 40.6. The molecule has 1 fully saturated rings. The van der Waals surface area contributed by atoms with Crippen LogP contribution in [-0.2, 0) is 37.4 Å². The van der Waals surface area contributed by atoms with E-state index in [1.54, 1.807) is 0 Å². The Kier molecular flexibility index (Phi) is 32.7. The molecule has 11 heteroatoms. The molecule has 1 aliphatic rings. The third-order valence-corrected chi connectivity index (χ3v) is 11.1. The predicted octanol–water partition coefficient (Wildman–Crippen LogP) is 11.9. The van der Waals surface area contributed by atoms with Crippen LogP contribution in [0.15, 0.2) is 36.5 Å². The van der Waals surface area contributed by atoms with Crippen LogP contribution in [0.25, 0.3) is 0 Å². The maximum Gasteiger partial charge on any atom is 0.472 e. The number of phosphoric acid groups is 1. The number of ether oxygens (including phenoxy) is 3. The van der Waals surface area contributed by atoms with Crippen LogP contribution in [0.3, 0.4) is 0 Å². The third kappa shape index (κ3) is 35.8. The molecule has 1 aliphatic heterocycles. The van der Waals surface area contributed by atoms with E-state index in [2.05, 4.69) is 50.3 Å². The first-order chi connectivity index (χ1) is 27.5. The molecular weight excluding hydrogens is 741 g/mol. The molecule has 10 nitrogen and oxygen atoms in total. The Hall–Kier alpha value is -1.81. The fourth-order valence-electron chi connectivity index (χ4n) is 6.39. The van der Waals surface area contributed by atoms with Crippen LogP contribution in [0.5, 0.6) is 0 Å². The molecule has 1 rings (SSSR count). The smallest absolute Gasteiger partial charge is 0.462 e. The molecule has 0 aromatic carbocycles. The van der Waals surface area contributed by atoms with E-state index in [0.717, 1.165) is 38.5 Å². The Balaban J connectivity index is 2.32. The summed E-state index contributed by atoms with van der Waals surface area (Å²) in [5, 5.41) is 0. The highest BCUT2D eigenvalue weighted by molar-refractivity contribution is 7.47. The largest absolute Gasteiger partial charge is 0.472 e. The average Bonchev–Trinajstić information content (AvgIpc) is 3.91. The summed E-state index contributed by atoms with van der Waals surface area (Å²) >= 11 is 0. The zero-order valence-electron chi connectivity index (χ0n) is 37.0. The minimum absolute atomic E-state index is 0.0203. The quantitative estimate of drug-likeness (QED) is 0.0161. The summed E-state index contributed by atoms with van der Waals surface area (Å²) in [6.45, 7) is 4.32. The summed E-state index contributed by atoms with van der Waals surface area (Å²) in [5.74, 6) is -0.870. The first-order valence-electron chi connectivity index (χ1n) is 22.8. The summed E-state index contributed by atoms with van der Waals surface area (Å²) < 4.78 is 40.1. The number of quaternary nitrogens is 1. The SMILES string of the molecule is CCCCC/C=C\C/C=C\C/C=C\CC1OC1CCCC(=O)OC[C@H](COP(=O)(O)OCC[N+](C)(C)C)OC(=O)CCCCCCCCCCCCCCCCC. The zero-order valence-corrected chi connectivity index (χ0v) is 37.9. The van der Waals surface area contributed by atoms with Crippen molar-refractivity contribution in [1.29, 1.82) is 0 Å². The Labute approximate surface area is 348 Å². The van der Waals surface area contributed by atoms with Crippen molar-refractivity contribution < 1.29 is 46.8 Å². The number of carbonyl (C=O) groups is 2. The highest BCUT2D eigenvalue weighted by Gasteiger charge is 2.36. The van der Waals surface area contributed by atoms with Crippen molar-refractivity contribution in [1.82, 2.24) is 0 Å². The number of likely N-dealkylation sites (N-methyl/N-ethyl adjacent to an activating group) is 1. The molecule has 0 radical (unpaired) electrons. The van der Waals surface area contributed by atoms with Crippen molar-refractivity contribution in [3.05, 3.63) is 36.5 Å². The molecule has 0 spiro atoms. The summed E-state index contributed by atoms with van der Waals surface area (Å²) in [4.78, 5) is 35.5. The van der Waals surface area contributed by atoms with E-state index >= 15 is 0 Å². The van der Waals surface area contributed by atoms with Crippen molar-refractivity contribution in [3.8, 4) is 0 Å². The number of carbonyl (C=O) groups excluding carboxylic acids is 2. The number of allylic oxidation sites excluding steroid dienone is 5. The summed E-state index contributed by atoms with van der Waals surface area (Å²) in [7, 11) is 1.44. The summed E-state index contributed by atoms with van der Waals surface area (Å²) in [5.41, 5.74) is 0. The van der Waals surface area contributed by atoms with Gasteiger partial charge in [-0.05, 0) is 51.4 Å². The van der Waals surface area contributed by atoms with Crippen molar-refractivity contribution in [2.75, 3.05) is 47.5 Å². The van der Waals surface area contributed by atoms with Crippen LogP contribution >= 0.6 is 7.82 Å². The normalized spacial score (nSPS) is 17.4. The lowest BCUT2D eigenvalue weighted by molar-refractivity contribution is -0.870. The molecule has 1 heterocycles. The number of nitrogens with zero attached hydrogens (tertiary/aromatic N) is 1. The Bertz CT molecular complexity index is 1140. The van der Waals surface area contributed by atoms with Gasteiger partial charge in [0.1, 0.15) is 19.8 Å². The minimum atomic E-state index is -4.39. The van der Waals surface area contributed by atoms with Gasteiger partial charge in [-0.25, -0.2) is 4.57 Å². The fourth-order valence-corrected chi connectivity index (χ4v) is 7.14. The fraction of sp³-hybridized carbons (Fsp3) is 0.826. The van der Waals surface area contributed by atoms with E-state index in [1.807, 2.05) is 21.1 Å². The molecule has 4 atom stereocenters. The number of hydrogen-bond donors (Lipinski definition) is 1. The molecule has 3 unspecified atom stereocenters. The van der Waals surface area contributed by atoms with Crippen molar-refractivity contribution in [2.24, 2.45) is 0 Å². The average molecular weight is 827 g/mol. The van der Waals surface area contributed by atoms with Crippen molar-refractivity contribution in [3.63, 3.8) is 0 Å². The van der Waals surface area contributed by atoms with Gasteiger partial charge in [-0.3, -0.25) is 18.6 Å². The molecule has 0 saturated carbocycles. The highest BCUT2D eigenvalue weighted by Crippen LogP contribution is 2.43. The lowest BCUT2D eigenvalue weighted by atomic mass is 10.0. The number of hydrogen-bond acceptors (Lipinski definition) is 8. The lowest BCUT2D eigenvalue weighted by Crippen LogP contribution is -2.37. The maximum absolute atomic E-state index is 12.7. The molecule has 0 aromatic rings. The van der Waals surface area contributed by atoms with Gasteiger partial charge in [-0.15, -0.1) is 0 Å². The Morgan fingerprint density at radius 2 is 1.18 bits per heavy atom. The standard InChI is InChI=1S/C46H84NO9P/c1-6-8-10-12-14-16-18-20-21-22-24-26-28-30-32-36-46(49)55-42(41-54-57(50,51)53-39-38-47(3,4)5)40-52-45(48)37-33-35-44-43(56-44)34-31-29-27-25-23-19-17-15-13-11-9-7-2/h15,17,23,25,29,31,42-44H,6-14,16,18-22,24,26-28,30,32-41H2,1-5H3/p+1/b17-15-,25-23-,31-29-/t42-,43?,44?/m1/s1. The molecule has 1 saturated heterocycles. The van der Waals surface area contributed by atoms with Crippen LogP contribution in [0.2, 0.25) is 0 Å². The number of rotatable bonds is 40. The molecule has 1 N–H and O–H groups in total. The minimum Gasteiger partial charge on any atom is -0.462 e. The van der Waals surface area contributed by atoms with Gasteiger partial charge in [-0.1, -0.05) is 153 Å². The van der Waals surface area contributed by atoms with Crippen molar-refractivity contribution >= 4 is 19.8 Å². The van der Waals surface area contributed by atoms with Gasteiger partial charge in [0.25, 0.3) is 0 Å². The van der Waals surface area contributed by atoms with Gasteiger partial charge in [0.2, 0.25) is 0 Å². The second-order valence-electron chi connectivity index (χ2n) is 16.8. The lowest BCUT2D eigenvalue weighted by Gasteiger charge is -2.24. The monoisotopic (exact) mass is 827 g/mol. The molecule has 0 bridgehead atoms. The summed E-state index contributed by atoms with van der Waals surface area (Å²) in [6, 6.07) is 0. The van der Waals surface area contributed by atoms with Crippen LogP contribution in [0.4, 0.5) is 0 Å². The van der Waals surface area contributed by atoms with Gasteiger partial charge >= 0.3 is 19.8 Å². The second kappa shape index (κ2) is 35.0. The zero-order chi connectivity index (χ0) is 41.9. The van der Waals surface area contributed by atoms with E-state index in [1.165, 1.54) is 103 Å². The number of epoxide rings is 1. The van der Waals surface area contributed by atoms with Gasteiger partial charge in [0.15, 0.2) is 6.10 Å². The molecule has 0 aliphatic carbocycles. The van der Waals surface area contributed by atoms with Crippen LogP contribution in [0, 0.1) is 0 Å². The first-order valence-corrected chi connectivity index (χ1v) is 24.3. The van der Waals surface area contributed by atoms with Gasteiger partial charge in [0, 0.05) is 12.8 Å². The van der Waals surface area contributed by atoms with E-state index < -0.39 is 32.5 Å². The second-order valence-corrected chi connectivity index (χ2v) is 18.3. The Morgan fingerprint density at radius 3 is 1.77 bits per heavy atom. The first kappa shape index (κ1) is 53.2. The third-order valence-electron chi connectivity index (χ3n) is 10.1. The maximum atomic E-state index is 12.7. The highest BCUT2D eigenvalue weighted by atomic mass is 31.2. The molecular formula is C46H85NO9P+. The van der Waals surface area contributed by atoms with E-state index in [-0.39, 0.29) is 38.3 Å². The van der Waals surface area contributed by atoms with Crippen LogP contribution < -0.4 is 0 Å². The molecule has 57 heavy (non-hydrogen) atoms. The topological polar surface area (TPSA) is 121 Å². The predicted molar refractivity (Wildman–Crippen MR) is 233 cm³/mol. The van der Waals surface area contributed by atoms with E-state index in [4.69, 9.17) is 23.3 Å². The van der Waals surface area contributed by atoms with Crippen LogP contribution in [0.1, 0.15) is 181 Å². The van der Waals surface area contributed by atoms with Gasteiger partial charge in [-0.2, -0.15) is 0 Å². The van der Waals surface area contributed by atoms with Crippen LogP contribution in [-0.4, -0.2) is 87.1 Å². The number of esters is 2. The van der Waals surface area contributed by atoms with Crippen molar-refractivity contribution in [2.45, 2.75) is 199 Å². The van der Waals surface area contributed by atoms with Gasteiger partial charge < -0.3 is 23.6 Å². The molecule has 0 aromatic heterocycles. The molecule has 0 amide bonds. The number of unbranched alkanes of at least 4 members (excludes halogenated alkanes) is 17. The van der Waals surface area contributed by atoms with E-state index in [9.17, 15) is 19.0 Å². The van der Waals surface area contributed by atoms with E-state index in [0.29, 0.717) is 23.9 Å². The van der Waals surface area contributed by atoms with Gasteiger partial charge in [0.05, 0.1) is 40.0 Å². The number of phosphoric ester groups is 1. The molecule has 332 valence electrons.